The maximum Gasteiger partial charge on any atom is 0.0602 e. The summed E-state index contributed by atoms with van der Waals surface area (Å²) >= 11 is 0. The van der Waals surface area contributed by atoms with Crippen molar-refractivity contribution in [2.24, 2.45) is 0 Å². The first-order valence-electron chi connectivity index (χ1n) is 2.55. The van der Waals surface area contributed by atoms with E-state index in [1.165, 1.54) is 0 Å². The Balaban J connectivity index is 3.08. The van der Waals surface area contributed by atoms with Crippen molar-refractivity contribution in [2.75, 3.05) is 0 Å². The van der Waals surface area contributed by atoms with Crippen molar-refractivity contribution in [3.05, 3.63) is 23.5 Å². The van der Waals surface area contributed by atoms with E-state index >= 15 is 0 Å². The minimum atomic E-state index is 0.977. The molecule has 0 atom stereocenters. The molecule has 1 rings (SSSR count). The zero-order valence-electron chi connectivity index (χ0n) is 5.05. The van der Waals surface area contributed by atoms with Gasteiger partial charge in [0.05, 0.1) is 11.9 Å². The van der Waals surface area contributed by atoms with Gasteiger partial charge in [-0.25, -0.2) is 0 Å². The highest BCUT2D eigenvalue weighted by molar-refractivity contribution is 5.08. The fourth-order valence-corrected chi connectivity index (χ4v) is 0.607. The van der Waals surface area contributed by atoms with Crippen molar-refractivity contribution in [1.29, 1.82) is 0 Å². The first kappa shape index (κ1) is 5.22. The standard InChI is InChI=1S/C6H8N2/c1-5-3-6(2)8-7-4-5/h3-4H,1-2H3. The van der Waals surface area contributed by atoms with Crippen LogP contribution in [0.2, 0.25) is 0 Å². The Morgan fingerprint density at radius 3 is 2.50 bits per heavy atom. The van der Waals surface area contributed by atoms with Crippen molar-refractivity contribution in [2.45, 2.75) is 13.8 Å². The van der Waals surface area contributed by atoms with E-state index in [9.17, 15) is 0 Å². The van der Waals surface area contributed by atoms with E-state index in [1.54, 1.807) is 6.20 Å². The highest BCUT2D eigenvalue weighted by atomic mass is 15.1. The summed E-state index contributed by atoms with van der Waals surface area (Å²) in [4.78, 5) is 0. The Labute approximate surface area is 48.6 Å². The van der Waals surface area contributed by atoms with Gasteiger partial charge in [-0.1, -0.05) is 0 Å². The summed E-state index contributed by atoms with van der Waals surface area (Å²) in [5.41, 5.74) is 2.14. The zero-order chi connectivity index (χ0) is 5.98. The van der Waals surface area contributed by atoms with Gasteiger partial charge in [0.15, 0.2) is 0 Å². The van der Waals surface area contributed by atoms with Crippen LogP contribution in [-0.4, -0.2) is 10.2 Å². The molecule has 42 valence electrons. The van der Waals surface area contributed by atoms with Crippen LogP contribution >= 0.6 is 0 Å². The van der Waals surface area contributed by atoms with Crippen LogP contribution in [-0.2, 0) is 0 Å². The van der Waals surface area contributed by atoms with Crippen LogP contribution < -0.4 is 0 Å². The molecule has 2 nitrogen and oxygen atoms in total. The average Bonchev–Trinajstić information content (AvgIpc) is 1.64. The molecule has 0 N–H and O–H groups in total. The molecule has 0 radical (unpaired) electrons. The molecule has 0 aliphatic heterocycles. The topological polar surface area (TPSA) is 25.8 Å². The van der Waals surface area contributed by atoms with Gasteiger partial charge >= 0.3 is 0 Å². The fraction of sp³-hybridized carbons (Fsp3) is 0.333. The monoisotopic (exact) mass is 108 g/mol. The van der Waals surface area contributed by atoms with E-state index in [2.05, 4.69) is 10.2 Å². The van der Waals surface area contributed by atoms with Gasteiger partial charge < -0.3 is 0 Å². The number of hydrogen-bond donors (Lipinski definition) is 0. The quantitative estimate of drug-likeness (QED) is 0.497. The zero-order valence-corrected chi connectivity index (χ0v) is 5.05. The van der Waals surface area contributed by atoms with Gasteiger partial charge in [-0.3, -0.25) is 0 Å². The number of aryl methyl sites for hydroxylation is 2. The largest absolute Gasteiger partial charge is 0.159 e. The first-order valence-corrected chi connectivity index (χ1v) is 2.55. The second-order valence-corrected chi connectivity index (χ2v) is 1.87. The third-order valence-corrected chi connectivity index (χ3v) is 0.913. The van der Waals surface area contributed by atoms with E-state index in [4.69, 9.17) is 0 Å². The Morgan fingerprint density at radius 1 is 1.38 bits per heavy atom. The maximum atomic E-state index is 3.79. The van der Waals surface area contributed by atoms with Crippen LogP contribution in [0, 0.1) is 13.8 Å². The Morgan fingerprint density at radius 2 is 2.12 bits per heavy atom. The molecule has 0 unspecified atom stereocenters. The Hall–Kier alpha value is -0.920. The summed E-state index contributed by atoms with van der Waals surface area (Å²) in [6.45, 7) is 3.93. The van der Waals surface area contributed by atoms with Gasteiger partial charge in [-0.2, -0.15) is 10.2 Å². The normalized spacial score (nSPS) is 9.25. The van der Waals surface area contributed by atoms with Gasteiger partial charge in [0, 0.05) is 0 Å². The third-order valence-electron chi connectivity index (χ3n) is 0.913. The number of hydrogen-bond acceptors (Lipinski definition) is 2. The predicted octanol–water partition coefficient (Wildman–Crippen LogP) is 1.09. The number of nitrogens with zero attached hydrogens (tertiary/aromatic N) is 2. The minimum absolute atomic E-state index is 0.977. The molecular formula is C6H8N2. The molecule has 0 saturated carbocycles. The summed E-state index contributed by atoms with van der Waals surface area (Å²) in [6.07, 6.45) is 1.74. The summed E-state index contributed by atoms with van der Waals surface area (Å²) in [5.74, 6) is 0. The molecule has 0 amide bonds. The molecular weight excluding hydrogens is 100 g/mol. The fourth-order valence-electron chi connectivity index (χ4n) is 0.607. The molecule has 0 fully saturated rings. The van der Waals surface area contributed by atoms with Crippen LogP contribution in [0.5, 0.6) is 0 Å². The molecule has 0 spiro atoms. The molecule has 1 aromatic rings. The van der Waals surface area contributed by atoms with Crippen molar-refractivity contribution in [3.8, 4) is 0 Å². The molecule has 1 aromatic heterocycles. The maximum absolute atomic E-state index is 3.79. The SMILES string of the molecule is Cc1cnnc(C)c1. The summed E-state index contributed by atoms with van der Waals surface area (Å²) < 4.78 is 0. The lowest BCUT2D eigenvalue weighted by Crippen LogP contribution is -1.84. The van der Waals surface area contributed by atoms with Crippen LogP contribution in [0.1, 0.15) is 11.3 Å². The van der Waals surface area contributed by atoms with Crippen LogP contribution in [0.4, 0.5) is 0 Å². The van der Waals surface area contributed by atoms with Crippen LogP contribution in [0.3, 0.4) is 0 Å². The van der Waals surface area contributed by atoms with Gasteiger partial charge in [-0.15, -0.1) is 0 Å². The molecule has 2 heteroatoms. The molecule has 1 heterocycles. The van der Waals surface area contributed by atoms with Gasteiger partial charge in [0.2, 0.25) is 0 Å². The van der Waals surface area contributed by atoms with E-state index in [-0.39, 0.29) is 0 Å². The summed E-state index contributed by atoms with van der Waals surface area (Å²) in [5, 5.41) is 7.52. The summed E-state index contributed by atoms with van der Waals surface area (Å²) in [6, 6.07) is 1.99. The third kappa shape index (κ3) is 1.03. The van der Waals surface area contributed by atoms with Gasteiger partial charge in [-0.05, 0) is 25.5 Å². The molecule has 8 heavy (non-hydrogen) atoms. The smallest absolute Gasteiger partial charge is 0.0602 e. The first-order chi connectivity index (χ1) is 3.79. The van der Waals surface area contributed by atoms with Crippen molar-refractivity contribution < 1.29 is 0 Å². The summed E-state index contributed by atoms with van der Waals surface area (Å²) in [7, 11) is 0. The van der Waals surface area contributed by atoms with Crippen molar-refractivity contribution in [1.82, 2.24) is 10.2 Å². The molecule has 0 aliphatic rings. The minimum Gasteiger partial charge on any atom is -0.159 e. The van der Waals surface area contributed by atoms with Crippen LogP contribution in [0.25, 0.3) is 0 Å². The van der Waals surface area contributed by atoms with E-state index in [0.717, 1.165) is 11.3 Å². The predicted molar refractivity (Wildman–Crippen MR) is 31.5 cm³/mol. The average molecular weight is 108 g/mol. The number of aromatic nitrogens is 2. The molecule has 0 bridgehead atoms. The molecule has 0 saturated heterocycles. The lowest BCUT2D eigenvalue weighted by Gasteiger charge is -1.88. The number of rotatable bonds is 0. The van der Waals surface area contributed by atoms with E-state index < -0.39 is 0 Å². The highest BCUT2D eigenvalue weighted by Crippen LogP contribution is 1.93. The van der Waals surface area contributed by atoms with Crippen molar-refractivity contribution >= 4 is 0 Å². The second-order valence-electron chi connectivity index (χ2n) is 1.87. The van der Waals surface area contributed by atoms with Gasteiger partial charge in [0.25, 0.3) is 0 Å². The van der Waals surface area contributed by atoms with E-state index in [1.807, 2.05) is 19.9 Å². The Kier molecular flexibility index (Phi) is 1.24. The second kappa shape index (κ2) is 1.90. The lowest BCUT2D eigenvalue weighted by molar-refractivity contribution is 0.966. The molecule has 0 aromatic carbocycles. The highest BCUT2D eigenvalue weighted by Gasteiger charge is 1.83. The lowest BCUT2D eigenvalue weighted by atomic mass is 10.3. The Bertz CT molecular complexity index is 166. The van der Waals surface area contributed by atoms with Gasteiger partial charge in [0.1, 0.15) is 0 Å². The van der Waals surface area contributed by atoms with Crippen LogP contribution in [0.15, 0.2) is 12.3 Å². The van der Waals surface area contributed by atoms with E-state index in [0.29, 0.717) is 0 Å². The van der Waals surface area contributed by atoms with Crippen molar-refractivity contribution in [3.63, 3.8) is 0 Å². The molecule has 0 aliphatic carbocycles.